The van der Waals surface area contributed by atoms with Crippen LogP contribution in [0.2, 0.25) is 0 Å². The van der Waals surface area contributed by atoms with Gasteiger partial charge in [0.2, 0.25) is 0 Å². The summed E-state index contributed by atoms with van der Waals surface area (Å²) in [6, 6.07) is 0. The van der Waals surface area contributed by atoms with Crippen molar-refractivity contribution in [3.63, 3.8) is 0 Å². The zero-order valence-corrected chi connectivity index (χ0v) is 4.62. The maximum atomic E-state index is 3.25. The molecule has 0 atom stereocenters. The summed E-state index contributed by atoms with van der Waals surface area (Å²) in [6.07, 6.45) is 1.17. The zero-order valence-electron chi connectivity index (χ0n) is 3.62. The van der Waals surface area contributed by atoms with Crippen LogP contribution in [-0.4, -0.2) is 28.9 Å². The van der Waals surface area contributed by atoms with Crippen LogP contribution in [0.15, 0.2) is 0 Å². The number of nitrogens with one attached hydrogen (secondary N) is 2. The van der Waals surface area contributed by atoms with Crippen LogP contribution in [0.25, 0.3) is 0 Å². The molecule has 0 saturated carbocycles. The third-order valence-electron chi connectivity index (χ3n) is 0.765. The van der Waals surface area contributed by atoms with Crippen molar-refractivity contribution in [1.29, 1.82) is 0 Å². The SMILES string of the molecule is C1CN[Si]CN1. The predicted octanol–water partition coefficient (Wildman–Crippen LogP) is -1.24. The molecule has 3 heteroatoms. The lowest BCUT2D eigenvalue weighted by atomic mass is 10.7. The summed E-state index contributed by atoms with van der Waals surface area (Å²) in [6.45, 7) is 2.30. The molecule has 0 unspecified atom stereocenters. The van der Waals surface area contributed by atoms with Gasteiger partial charge in [-0.05, 0) is 0 Å². The second-order valence-corrected chi connectivity index (χ2v) is 2.34. The molecule has 0 aliphatic carbocycles. The van der Waals surface area contributed by atoms with Crippen molar-refractivity contribution in [2.45, 2.75) is 0 Å². The minimum absolute atomic E-state index is 0.941. The van der Waals surface area contributed by atoms with Crippen molar-refractivity contribution in [3.8, 4) is 0 Å². The summed E-state index contributed by atoms with van der Waals surface area (Å²) in [5, 5.41) is 3.23. The van der Waals surface area contributed by atoms with Crippen LogP contribution in [0.5, 0.6) is 0 Å². The van der Waals surface area contributed by atoms with Crippen LogP contribution in [0.4, 0.5) is 0 Å². The molecule has 0 aromatic rings. The lowest BCUT2D eigenvalue weighted by molar-refractivity contribution is 0.705. The molecule has 0 amide bonds. The van der Waals surface area contributed by atoms with E-state index in [0.717, 1.165) is 22.8 Å². The van der Waals surface area contributed by atoms with Crippen molar-refractivity contribution >= 4 is 9.68 Å². The fourth-order valence-corrected chi connectivity index (χ4v) is 1.18. The molecule has 2 nitrogen and oxygen atoms in total. The Labute approximate surface area is 40.2 Å². The summed E-state index contributed by atoms with van der Waals surface area (Å²) < 4.78 is 0. The highest BCUT2D eigenvalue weighted by molar-refractivity contribution is 6.32. The van der Waals surface area contributed by atoms with Crippen LogP contribution in [0, 0.1) is 0 Å². The Bertz CT molecular complexity index is 24.3. The average molecular weight is 100 g/mol. The third-order valence-corrected chi connectivity index (χ3v) is 1.69. The molecule has 1 fully saturated rings. The van der Waals surface area contributed by atoms with Gasteiger partial charge < -0.3 is 10.3 Å². The minimum Gasteiger partial charge on any atom is -0.337 e. The van der Waals surface area contributed by atoms with Crippen LogP contribution < -0.4 is 10.3 Å². The van der Waals surface area contributed by atoms with Crippen molar-refractivity contribution in [3.05, 3.63) is 0 Å². The number of hydrogen-bond donors (Lipinski definition) is 2. The summed E-state index contributed by atoms with van der Waals surface area (Å²) in [7, 11) is 0.941. The van der Waals surface area contributed by atoms with E-state index in [1.165, 1.54) is 6.17 Å². The van der Waals surface area contributed by atoms with Gasteiger partial charge in [-0.15, -0.1) is 0 Å². The van der Waals surface area contributed by atoms with Gasteiger partial charge in [-0.25, -0.2) is 0 Å². The molecule has 0 aromatic heterocycles. The standard InChI is InChI=1S/C3H8N2Si/c1-2-5-6-3-4-1/h4-5H,1-3H2. The molecule has 0 spiro atoms. The first-order valence-electron chi connectivity index (χ1n) is 2.16. The molecule has 1 heterocycles. The van der Waals surface area contributed by atoms with Crippen LogP contribution in [0.1, 0.15) is 0 Å². The molecule has 0 aromatic carbocycles. The van der Waals surface area contributed by atoms with E-state index in [9.17, 15) is 0 Å². The Hall–Kier alpha value is 0.137. The highest BCUT2D eigenvalue weighted by Gasteiger charge is 1.93. The van der Waals surface area contributed by atoms with Gasteiger partial charge in [0, 0.05) is 19.3 Å². The minimum atomic E-state index is 0.941. The highest BCUT2D eigenvalue weighted by atomic mass is 28.2. The average Bonchev–Trinajstić information content (AvgIpc) is 1.72. The number of hydrogen-bond acceptors (Lipinski definition) is 2. The van der Waals surface area contributed by atoms with Gasteiger partial charge in [0.15, 0.2) is 9.68 Å². The second kappa shape index (κ2) is 2.33. The van der Waals surface area contributed by atoms with E-state index >= 15 is 0 Å². The zero-order chi connectivity index (χ0) is 4.24. The fraction of sp³-hybridized carbons (Fsp3) is 1.00. The Morgan fingerprint density at radius 1 is 1.33 bits per heavy atom. The summed E-state index contributed by atoms with van der Waals surface area (Å²) in [5.41, 5.74) is 0. The molecule has 1 rings (SSSR count). The van der Waals surface area contributed by atoms with Crippen LogP contribution >= 0.6 is 0 Å². The Morgan fingerprint density at radius 2 is 2.33 bits per heavy atom. The van der Waals surface area contributed by atoms with Gasteiger partial charge in [-0.1, -0.05) is 0 Å². The smallest absolute Gasteiger partial charge is 0.154 e. The van der Waals surface area contributed by atoms with Gasteiger partial charge in [0.05, 0.1) is 0 Å². The van der Waals surface area contributed by atoms with Gasteiger partial charge in [-0.3, -0.25) is 0 Å². The molecule has 34 valence electrons. The van der Waals surface area contributed by atoms with Crippen LogP contribution in [0.3, 0.4) is 0 Å². The van der Waals surface area contributed by atoms with Gasteiger partial charge in [-0.2, -0.15) is 0 Å². The van der Waals surface area contributed by atoms with Gasteiger partial charge in [0.25, 0.3) is 0 Å². The maximum Gasteiger partial charge on any atom is 0.154 e. The van der Waals surface area contributed by atoms with E-state index in [-0.39, 0.29) is 0 Å². The van der Waals surface area contributed by atoms with E-state index in [0.29, 0.717) is 0 Å². The summed E-state index contributed by atoms with van der Waals surface area (Å²) >= 11 is 0. The van der Waals surface area contributed by atoms with Crippen molar-refractivity contribution < 1.29 is 0 Å². The lowest BCUT2D eigenvalue weighted by Crippen LogP contribution is -2.42. The molecule has 1 saturated heterocycles. The second-order valence-electron chi connectivity index (χ2n) is 1.28. The molecule has 2 N–H and O–H groups in total. The summed E-state index contributed by atoms with van der Waals surface area (Å²) in [4.78, 5) is 3.25. The van der Waals surface area contributed by atoms with E-state index in [1.54, 1.807) is 0 Å². The molecule has 1 aliphatic heterocycles. The summed E-state index contributed by atoms with van der Waals surface area (Å²) in [5.74, 6) is 0. The van der Waals surface area contributed by atoms with Gasteiger partial charge in [0.1, 0.15) is 0 Å². The molecular weight excluding hydrogens is 92.1 g/mol. The van der Waals surface area contributed by atoms with Crippen molar-refractivity contribution in [2.75, 3.05) is 19.3 Å². The molecule has 6 heavy (non-hydrogen) atoms. The Balaban J connectivity index is 2.00. The van der Waals surface area contributed by atoms with Crippen molar-refractivity contribution in [2.24, 2.45) is 0 Å². The lowest BCUT2D eigenvalue weighted by Gasteiger charge is -2.09. The Morgan fingerprint density at radius 3 is 2.50 bits per heavy atom. The molecular formula is C3H8N2Si. The molecule has 1 aliphatic rings. The predicted molar refractivity (Wildman–Crippen MR) is 26.6 cm³/mol. The topological polar surface area (TPSA) is 24.1 Å². The number of rotatable bonds is 0. The van der Waals surface area contributed by atoms with E-state index in [1.807, 2.05) is 0 Å². The normalized spacial score (nSPS) is 24.0. The highest BCUT2D eigenvalue weighted by Crippen LogP contribution is 1.62. The van der Waals surface area contributed by atoms with E-state index in [4.69, 9.17) is 0 Å². The van der Waals surface area contributed by atoms with Crippen LogP contribution in [-0.2, 0) is 0 Å². The van der Waals surface area contributed by atoms with Crippen molar-refractivity contribution in [1.82, 2.24) is 10.3 Å². The quantitative estimate of drug-likeness (QED) is 0.372. The fourth-order valence-electron chi connectivity index (χ4n) is 0.453. The molecule has 2 radical (unpaired) electrons. The van der Waals surface area contributed by atoms with Gasteiger partial charge >= 0.3 is 0 Å². The first kappa shape index (κ1) is 4.30. The Kier molecular flexibility index (Phi) is 1.67. The monoisotopic (exact) mass is 100 g/mol. The van der Waals surface area contributed by atoms with E-state index in [2.05, 4.69) is 10.3 Å². The third kappa shape index (κ3) is 1.08. The largest absolute Gasteiger partial charge is 0.337 e. The first-order chi connectivity index (χ1) is 3.00. The molecule has 0 bridgehead atoms. The maximum absolute atomic E-state index is 3.25. The first-order valence-corrected chi connectivity index (χ1v) is 3.37. The van der Waals surface area contributed by atoms with E-state index < -0.39 is 0 Å².